The second-order valence-electron chi connectivity index (χ2n) is 5.84. The number of nitrogen functional groups attached to an aromatic ring is 1. The monoisotopic (exact) mass is 379 g/mol. The molecule has 0 radical (unpaired) electrons. The Morgan fingerprint density at radius 1 is 1.00 bits per heavy atom. The second-order valence-corrected chi connectivity index (χ2v) is 7.64. The van der Waals surface area contributed by atoms with Gasteiger partial charge in [-0.25, -0.2) is 9.66 Å². The molecule has 4 rings (SSSR count). The van der Waals surface area contributed by atoms with Gasteiger partial charge in [0.25, 0.3) is 0 Å². The van der Waals surface area contributed by atoms with Crippen LogP contribution in [0.2, 0.25) is 0 Å². The highest BCUT2D eigenvalue weighted by Gasteiger charge is 2.13. The summed E-state index contributed by atoms with van der Waals surface area (Å²) in [6, 6.07) is 18.3. The molecule has 0 spiro atoms. The van der Waals surface area contributed by atoms with Gasteiger partial charge in [-0.15, -0.1) is 21.5 Å². The van der Waals surface area contributed by atoms with Gasteiger partial charge >= 0.3 is 0 Å². The van der Waals surface area contributed by atoms with Crippen LogP contribution >= 0.6 is 23.1 Å². The number of thiazole rings is 1. The van der Waals surface area contributed by atoms with Crippen LogP contribution < -0.4 is 5.84 Å². The fraction of sp³-hybridized carbons (Fsp3) is 0.105. The molecule has 130 valence electrons. The highest BCUT2D eigenvalue weighted by atomic mass is 32.2. The number of aromatic nitrogens is 4. The molecule has 0 aliphatic rings. The number of benzene rings is 2. The van der Waals surface area contributed by atoms with Crippen LogP contribution in [-0.2, 0) is 5.75 Å². The Kier molecular flexibility index (Phi) is 4.73. The van der Waals surface area contributed by atoms with Crippen LogP contribution in [0.1, 0.15) is 11.3 Å². The van der Waals surface area contributed by atoms with Crippen molar-refractivity contribution < 1.29 is 0 Å². The normalized spacial score (nSPS) is 11.0. The van der Waals surface area contributed by atoms with E-state index >= 15 is 0 Å². The molecule has 0 unspecified atom stereocenters. The van der Waals surface area contributed by atoms with E-state index < -0.39 is 0 Å². The Bertz CT molecular complexity index is 1010. The van der Waals surface area contributed by atoms with E-state index in [2.05, 4.69) is 34.6 Å². The number of nitrogens with zero attached hydrogens (tertiary/aromatic N) is 4. The average Bonchev–Trinajstić information content (AvgIpc) is 3.29. The summed E-state index contributed by atoms with van der Waals surface area (Å²) in [5.41, 5.74) is 4.30. The van der Waals surface area contributed by atoms with Gasteiger partial charge in [-0.1, -0.05) is 71.9 Å². The Balaban J connectivity index is 1.47. The van der Waals surface area contributed by atoms with E-state index in [4.69, 9.17) is 10.8 Å². The van der Waals surface area contributed by atoms with E-state index in [9.17, 15) is 0 Å². The van der Waals surface area contributed by atoms with Crippen molar-refractivity contribution in [2.75, 3.05) is 5.84 Å². The van der Waals surface area contributed by atoms with Crippen LogP contribution in [0.5, 0.6) is 0 Å². The predicted molar refractivity (Wildman–Crippen MR) is 107 cm³/mol. The summed E-state index contributed by atoms with van der Waals surface area (Å²) in [5, 5.41) is 12.2. The zero-order valence-electron chi connectivity index (χ0n) is 14.2. The van der Waals surface area contributed by atoms with Gasteiger partial charge in [0.05, 0.1) is 5.69 Å². The summed E-state index contributed by atoms with van der Waals surface area (Å²) in [6.07, 6.45) is 0. The van der Waals surface area contributed by atoms with Crippen molar-refractivity contribution in [3.63, 3.8) is 0 Å². The highest BCUT2D eigenvalue weighted by Crippen LogP contribution is 2.28. The Hall–Kier alpha value is -2.64. The molecule has 0 atom stereocenters. The number of thioether (sulfide) groups is 1. The molecule has 2 aromatic heterocycles. The summed E-state index contributed by atoms with van der Waals surface area (Å²) >= 11 is 3.18. The zero-order valence-corrected chi connectivity index (χ0v) is 15.8. The first kappa shape index (κ1) is 16.8. The maximum atomic E-state index is 6.19. The molecule has 2 aromatic carbocycles. The summed E-state index contributed by atoms with van der Waals surface area (Å²) in [4.78, 5) is 4.70. The van der Waals surface area contributed by atoms with Crippen molar-refractivity contribution in [2.24, 2.45) is 0 Å². The summed E-state index contributed by atoms with van der Waals surface area (Å²) in [5.74, 6) is 7.55. The van der Waals surface area contributed by atoms with Crippen LogP contribution in [0, 0.1) is 6.92 Å². The zero-order chi connectivity index (χ0) is 17.9. The van der Waals surface area contributed by atoms with Crippen LogP contribution in [0.3, 0.4) is 0 Å². The number of aryl methyl sites for hydroxylation is 1. The molecule has 4 aromatic rings. The summed E-state index contributed by atoms with van der Waals surface area (Å²) in [6.45, 7) is 2.05. The average molecular weight is 380 g/mol. The minimum Gasteiger partial charge on any atom is -0.335 e. The van der Waals surface area contributed by atoms with Gasteiger partial charge in [-0.3, -0.25) is 0 Å². The van der Waals surface area contributed by atoms with E-state index in [0.29, 0.717) is 16.7 Å². The van der Waals surface area contributed by atoms with Gasteiger partial charge in [0, 0.05) is 22.3 Å². The van der Waals surface area contributed by atoms with Crippen molar-refractivity contribution in [1.82, 2.24) is 19.9 Å². The largest absolute Gasteiger partial charge is 0.335 e. The van der Waals surface area contributed by atoms with E-state index in [-0.39, 0.29) is 0 Å². The standard InChI is InChI=1S/C19H17N5S2/c1-13-7-9-14(10-8-13)17-22-23-19(24(17)20)26-12-16-11-25-18(21-16)15-5-3-2-4-6-15/h2-11H,12,20H2,1H3. The summed E-state index contributed by atoms with van der Waals surface area (Å²) < 4.78 is 1.54. The lowest BCUT2D eigenvalue weighted by Gasteiger charge is -2.03. The number of rotatable bonds is 5. The molecule has 0 aliphatic carbocycles. The molecule has 7 heteroatoms. The summed E-state index contributed by atoms with van der Waals surface area (Å²) in [7, 11) is 0. The number of hydrogen-bond donors (Lipinski definition) is 1. The molecule has 0 saturated carbocycles. The van der Waals surface area contributed by atoms with Crippen molar-refractivity contribution >= 4 is 23.1 Å². The first-order valence-corrected chi connectivity index (χ1v) is 9.97. The molecule has 0 saturated heterocycles. The van der Waals surface area contributed by atoms with Crippen molar-refractivity contribution in [2.45, 2.75) is 17.8 Å². The molecular weight excluding hydrogens is 362 g/mol. The molecule has 0 bridgehead atoms. The molecule has 0 aliphatic heterocycles. The van der Waals surface area contributed by atoms with E-state index in [1.54, 1.807) is 16.0 Å². The van der Waals surface area contributed by atoms with Crippen LogP contribution in [0.15, 0.2) is 65.1 Å². The fourth-order valence-electron chi connectivity index (χ4n) is 2.50. The number of hydrogen-bond acceptors (Lipinski definition) is 6. The second kappa shape index (κ2) is 7.31. The fourth-order valence-corrected chi connectivity index (χ4v) is 4.18. The lowest BCUT2D eigenvalue weighted by atomic mass is 10.1. The minimum absolute atomic E-state index is 0.663. The Morgan fingerprint density at radius 2 is 1.77 bits per heavy atom. The van der Waals surface area contributed by atoms with Gasteiger partial charge in [0.2, 0.25) is 5.16 Å². The maximum absolute atomic E-state index is 6.19. The minimum atomic E-state index is 0.663. The topological polar surface area (TPSA) is 69.6 Å². The SMILES string of the molecule is Cc1ccc(-c2nnc(SCc3csc(-c4ccccc4)n3)n2N)cc1. The van der Waals surface area contributed by atoms with E-state index in [1.807, 2.05) is 42.5 Å². The van der Waals surface area contributed by atoms with Crippen molar-refractivity contribution in [3.8, 4) is 22.0 Å². The third-order valence-electron chi connectivity index (χ3n) is 3.90. The molecule has 2 N–H and O–H groups in total. The van der Waals surface area contributed by atoms with Gasteiger partial charge in [-0.05, 0) is 6.92 Å². The maximum Gasteiger partial charge on any atom is 0.210 e. The first-order valence-electron chi connectivity index (χ1n) is 8.11. The Labute approximate surface area is 159 Å². The van der Waals surface area contributed by atoms with Gasteiger partial charge in [0.15, 0.2) is 5.82 Å². The molecule has 26 heavy (non-hydrogen) atoms. The first-order chi connectivity index (χ1) is 12.7. The van der Waals surface area contributed by atoms with Gasteiger partial charge < -0.3 is 5.84 Å². The quantitative estimate of drug-likeness (QED) is 0.411. The van der Waals surface area contributed by atoms with Crippen LogP contribution in [-0.4, -0.2) is 19.9 Å². The third kappa shape index (κ3) is 3.49. The van der Waals surface area contributed by atoms with Gasteiger partial charge in [-0.2, -0.15) is 0 Å². The van der Waals surface area contributed by atoms with Gasteiger partial charge in [0.1, 0.15) is 5.01 Å². The molecular formula is C19H17N5S2. The lowest BCUT2D eigenvalue weighted by Crippen LogP contribution is -2.11. The van der Waals surface area contributed by atoms with Crippen molar-refractivity contribution in [3.05, 3.63) is 71.2 Å². The van der Waals surface area contributed by atoms with E-state index in [0.717, 1.165) is 21.8 Å². The smallest absolute Gasteiger partial charge is 0.210 e. The van der Waals surface area contributed by atoms with Crippen molar-refractivity contribution in [1.29, 1.82) is 0 Å². The lowest BCUT2D eigenvalue weighted by molar-refractivity contribution is 0.849. The number of nitrogens with two attached hydrogens (primary N) is 1. The highest BCUT2D eigenvalue weighted by molar-refractivity contribution is 7.98. The molecule has 2 heterocycles. The molecule has 0 amide bonds. The molecule has 5 nitrogen and oxygen atoms in total. The van der Waals surface area contributed by atoms with Crippen LogP contribution in [0.25, 0.3) is 22.0 Å². The third-order valence-corrected chi connectivity index (χ3v) is 5.81. The van der Waals surface area contributed by atoms with Crippen LogP contribution in [0.4, 0.5) is 0 Å². The molecule has 0 fully saturated rings. The van der Waals surface area contributed by atoms with E-state index in [1.165, 1.54) is 17.3 Å². The predicted octanol–water partition coefficient (Wildman–Crippen LogP) is 4.38. The Morgan fingerprint density at radius 3 is 2.54 bits per heavy atom.